The number of nitrogens with zero attached hydrogens (tertiary/aromatic N) is 3. The zero-order valence-electron chi connectivity index (χ0n) is 17.0. The van der Waals surface area contributed by atoms with Gasteiger partial charge in [0.1, 0.15) is 11.5 Å². The molecule has 156 valence electrons. The Morgan fingerprint density at radius 2 is 1.90 bits per heavy atom. The number of para-hydroxylation sites is 1. The van der Waals surface area contributed by atoms with E-state index in [1.807, 2.05) is 56.3 Å². The van der Waals surface area contributed by atoms with Gasteiger partial charge in [-0.2, -0.15) is 5.10 Å². The van der Waals surface area contributed by atoms with Crippen LogP contribution in [0.1, 0.15) is 17.1 Å². The van der Waals surface area contributed by atoms with Crippen LogP contribution in [-0.4, -0.2) is 27.4 Å². The highest BCUT2D eigenvalue weighted by Crippen LogP contribution is 2.21. The molecular formula is C23H20N4O3S. The molecule has 0 bridgehead atoms. The summed E-state index contributed by atoms with van der Waals surface area (Å²) in [5.41, 5.74) is 4.66. The van der Waals surface area contributed by atoms with E-state index in [4.69, 9.17) is 4.42 Å². The van der Waals surface area contributed by atoms with Crippen LogP contribution in [-0.2, 0) is 4.79 Å². The summed E-state index contributed by atoms with van der Waals surface area (Å²) in [6.45, 7) is 3.81. The van der Waals surface area contributed by atoms with Gasteiger partial charge in [0, 0.05) is 0 Å². The van der Waals surface area contributed by atoms with Gasteiger partial charge >= 0.3 is 0 Å². The van der Waals surface area contributed by atoms with Crippen molar-refractivity contribution in [1.82, 2.24) is 15.0 Å². The molecule has 2 heterocycles. The Balaban J connectivity index is 1.58. The summed E-state index contributed by atoms with van der Waals surface area (Å²) in [5, 5.41) is 4.87. The second-order valence-corrected chi connectivity index (χ2v) is 7.86. The number of amides is 1. The number of thioether (sulfide) groups is 1. The van der Waals surface area contributed by atoms with E-state index >= 15 is 0 Å². The van der Waals surface area contributed by atoms with E-state index < -0.39 is 0 Å². The van der Waals surface area contributed by atoms with Crippen molar-refractivity contribution in [1.29, 1.82) is 0 Å². The Hall–Kier alpha value is -3.65. The first-order chi connectivity index (χ1) is 15.0. The SMILES string of the molecule is Cc1ccc(-n2c(SCC(=O)NN=Cc3ccc(C)o3)nc3ccccc3c2=O)cc1. The molecule has 8 heteroatoms. The summed E-state index contributed by atoms with van der Waals surface area (Å²) in [7, 11) is 0. The van der Waals surface area contributed by atoms with E-state index in [1.54, 1.807) is 18.2 Å². The molecule has 4 rings (SSSR count). The molecule has 7 nitrogen and oxygen atoms in total. The highest BCUT2D eigenvalue weighted by atomic mass is 32.2. The number of carbonyl (C=O) groups is 1. The summed E-state index contributed by atoms with van der Waals surface area (Å²) >= 11 is 1.18. The van der Waals surface area contributed by atoms with Crippen molar-refractivity contribution in [2.24, 2.45) is 5.10 Å². The fourth-order valence-electron chi connectivity index (χ4n) is 2.98. The molecular weight excluding hydrogens is 412 g/mol. The Labute approximate surface area is 182 Å². The summed E-state index contributed by atoms with van der Waals surface area (Å²) in [4.78, 5) is 30.1. The van der Waals surface area contributed by atoms with Crippen molar-refractivity contribution < 1.29 is 9.21 Å². The Kier molecular flexibility index (Phi) is 5.99. The molecule has 0 radical (unpaired) electrons. The molecule has 4 aromatic rings. The zero-order valence-corrected chi connectivity index (χ0v) is 17.8. The minimum Gasteiger partial charge on any atom is -0.460 e. The quantitative estimate of drug-likeness (QED) is 0.216. The monoisotopic (exact) mass is 432 g/mol. The molecule has 0 unspecified atom stereocenters. The van der Waals surface area contributed by atoms with Crippen molar-refractivity contribution >= 4 is 34.8 Å². The van der Waals surface area contributed by atoms with Crippen molar-refractivity contribution in [3.05, 3.63) is 88.1 Å². The third-order valence-corrected chi connectivity index (χ3v) is 5.45. The summed E-state index contributed by atoms with van der Waals surface area (Å²) < 4.78 is 6.90. The highest BCUT2D eigenvalue weighted by molar-refractivity contribution is 7.99. The molecule has 0 fully saturated rings. The van der Waals surface area contributed by atoms with E-state index in [9.17, 15) is 9.59 Å². The summed E-state index contributed by atoms with van der Waals surface area (Å²) in [6.07, 6.45) is 1.44. The summed E-state index contributed by atoms with van der Waals surface area (Å²) in [5.74, 6) is 1.04. The molecule has 0 spiro atoms. The van der Waals surface area contributed by atoms with Gasteiger partial charge in [0.05, 0.1) is 28.6 Å². The number of aryl methyl sites for hydroxylation is 2. The first-order valence-corrected chi connectivity index (χ1v) is 10.6. The minimum atomic E-state index is -0.317. The van der Waals surface area contributed by atoms with Gasteiger partial charge in [-0.1, -0.05) is 41.6 Å². The average molecular weight is 433 g/mol. The van der Waals surface area contributed by atoms with Crippen molar-refractivity contribution in [2.75, 3.05) is 5.75 Å². The van der Waals surface area contributed by atoms with E-state index in [2.05, 4.69) is 15.5 Å². The average Bonchev–Trinajstić information content (AvgIpc) is 3.18. The Morgan fingerprint density at radius 3 is 2.65 bits per heavy atom. The van der Waals surface area contributed by atoms with Gasteiger partial charge in [-0.15, -0.1) is 0 Å². The van der Waals surface area contributed by atoms with Gasteiger partial charge in [-0.3, -0.25) is 14.2 Å². The van der Waals surface area contributed by atoms with Crippen LogP contribution in [0.5, 0.6) is 0 Å². The molecule has 1 N–H and O–H groups in total. The van der Waals surface area contributed by atoms with E-state index in [0.717, 1.165) is 11.3 Å². The predicted octanol–water partition coefficient (Wildman–Crippen LogP) is 3.84. The largest absolute Gasteiger partial charge is 0.460 e. The molecule has 0 saturated carbocycles. The van der Waals surface area contributed by atoms with Crippen LogP contribution in [0.2, 0.25) is 0 Å². The standard InChI is InChI=1S/C23H20N4O3S/c1-15-7-10-17(11-8-15)27-22(29)19-5-3-4-6-20(19)25-23(27)31-14-21(28)26-24-13-18-12-9-16(2)30-18/h3-13H,14H2,1-2H3,(H,26,28). The first-order valence-electron chi connectivity index (χ1n) is 9.61. The van der Waals surface area contributed by atoms with Crippen LogP contribution in [0.4, 0.5) is 0 Å². The number of fused-ring (bicyclic) bond motifs is 1. The van der Waals surface area contributed by atoms with Gasteiger partial charge in [-0.25, -0.2) is 10.4 Å². The highest BCUT2D eigenvalue weighted by Gasteiger charge is 2.14. The van der Waals surface area contributed by atoms with Crippen LogP contribution in [0.25, 0.3) is 16.6 Å². The number of hydrogen-bond donors (Lipinski definition) is 1. The molecule has 0 aliphatic rings. The third kappa shape index (κ3) is 4.75. The van der Waals surface area contributed by atoms with Crippen LogP contribution >= 0.6 is 11.8 Å². The fourth-order valence-corrected chi connectivity index (χ4v) is 3.79. The van der Waals surface area contributed by atoms with Gasteiger partial charge in [0.2, 0.25) is 0 Å². The predicted molar refractivity (Wildman–Crippen MR) is 122 cm³/mol. The van der Waals surface area contributed by atoms with Gasteiger partial charge < -0.3 is 4.42 Å². The minimum absolute atomic E-state index is 0.0468. The number of rotatable bonds is 6. The van der Waals surface area contributed by atoms with Crippen LogP contribution in [0, 0.1) is 13.8 Å². The first kappa shape index (κ1) is 20.6. The molecule has 0 aliphatic heterocycles. The molecule has 0 atom stereocenters. The maximum atomic E-state index is 13.2. The maximum Gasteiger partial charge on any atom is 0.266 e. The van der Waals surface area contributed by atoms with Crippen molar-refractivity contribution in [3.8, 4) is 5.69 Å². The van der Waals surface area contributed by atoms with Gasteiger partial charge in [0.25, 0.3) is 11.5 Å². The number of benzene rings is 2. The summed E-state index contributed by atoms with van der Waals surface area (Å²) in [6, 6.07) is 18.4. The van der Waals surface area contributed by atoms with Crippen LogP contribution in [0.3, 0.4) is 0 Å². The Morgan fingerprint density at radius 1 is 1.13 bits per heavy atom. The topological polar surface area (TPSA) is 89.5 Å². The lowest BCUT2D eigenvalue weighted by atomic mass is 10.2. The third-order valence-electron chi connectivity index (χ3n) is 4.51. The van der Waals surface area contributed by atoms with Crippen LogP contribution < -0.4 is 11.0 Å². The van der Waals surface area contributed by atoms with Crippen LogP contribution in [0.15, 0.2) is 80.1 Å². The normalized spacial score (nSPS) is 11.3. The lowest BCUT2D eigenvalue weighted by molar-refractivity contribution is -0.118. The molecule has 31 heavy (non-hydrogen) atoms. The van der Waals surface area contributed by atoms with Crippen molar-refractivity contribution in [2.45, 2.75) is 19.0 Å². The molecule has 0 aliphatic carbocycles. The second-order valence-electron chi connectivity index (χ2n) is 6.92. The fraction of sp³-hybridized carbons (Fsp3) is 0.130. The number of nitrogens with one attached hydrogen (secondary N) is 1. The lowest BCUT2D eigenvalue weighted by Crippen LogP contribution is -2.24. The smallest absolute Gasteiger partial charge is 0.266 e. The number of carbonyl (C=O) groups excluding carboxylic acids is 1. The van der Waals surface area contributed by atoms with Gasteiger partial charge in [-0.05, 0) is 50.2 Å². The van der Waals surface area contributed by atoms with E-state index in [0.29, 0.717) is 27.5 Å². The number of hydrazone groups is 1. The lowest BCUT2D eigenvalue weighted by Gasteiger charge is -2.13. The number of hydrogen-bond acceptors (Lipinski definition) is 6. The molecule has 0 saturated heterocycles. The van der Waals surface area contributed by atoms with Crippen molar-refractivity contribution in [3.63, 3.8) is 0 Å². The Bertz CT molecular complexity index is 1320. The molecule has 1 amide bonds. The van der Waals surface area contributed by atoms with E-state index in [-0.39, 0.29) is 17.2 Å². The molecule has 2 aromatic carbocycles. The molecule has 2 aromatic heterocycles. The maximum absolute atomic E-state index is 13.2. The van der Waals surface area contributed by atoms with E-state index in [1.165, 1.54) is 22.5 Å². The zero-order chi connectivity index (χ0) is 21.8. The second kappa shape index (κ2) is 9.01. The number of furan rings is 1. The van der Waals surface area contributed by atoms with Gasteiger partial charge in [0.15, 0.2) is 5.16 Å². The number of aromatic nitrogens is 2.